The highest BCUT2D eigenvalue weighted by atomic mass is 14.6. The van der Waals surface area contributed by atoms with Gasteiger partial charge < -0.3 is 5.73 Å². The minimum Gasteiger partial charge on any atom is -0.330 e. The van der Waals surface area contributed by atoms with Crippen molar-refractivity contribution >= 4 is 0 Å². The van der Waals surface area contributed by atoms with Gasteiger partial charge >= 0.3 is 0 Å². The number of hydrogen-bond acceptors (Lipinski definition) is 1. The van der Waals surface area contributed by atoms with E-state index in [1.807, 2.05) is 0 Å². The molecule has 0 spiro atoms. The maximum Gasteiger partial charge on any atom is -0.00438 e. The Morgan fingerprint density at radius 3 is 2.44 bits per heavy atom. The van der Waals surface area contributed by atoms with Crippen LogP contribution in [0.15, 0.2) is 0 Å². The third kappa shape index (κ3) is 1.26. The topological polar surface area (TPSA) is 26.0 Å². The molecule has 0 aromatic carbocycles. The smallest absolute Gasteiger partial charge is 0.00438 e. The van der Waals surface area contributed by atoms with Crippen molar-refractivity contribution in [2.75, 3.05) is 6.54 Å². The maximum absolute atomic E-state index is 5.61. The second kappa shape index (κ2) is 2.30. The van der Waals surface area contributed by atoms with E-state index in [2.05, 4.69) is 13.8 Å². The van der Waals surface area contributed by atoms with Gasteiger partial charge in [-0.05, 0) is 30.7 Å². The lowest BCUT2D eigenvalue weighted by Crippen LogP contribution is -2.24. The summed E-state index contributed by atoms with van der Waals surface area (Å²) in [5, 5.41) is 0. The van der Waals surface area contributed by atoms with Crippen molar-refractivity contribution in [2.45, 2.75) is 33.1 Å². The Morgan fingerprint density at radius 1 is 1.56 bits per heavy atom. The zero-order chi connectivity index (χ0) is 6.91. The number of hydrogen-bond donors (Lipinski definition) is 1. The van der Waals surface area contributed by atoms with E-state index in [9.17, 15) is 0 Å². The van der Waals surface area contributed by atoms with Crippen LogP contribution < -0.4 is 5.73 Å². The fourth-order valence-electron chi connectivity index (χ4n) is 1.84. The third-order valence-electron chi connectivity index (χ3n) is 2.76. The molecule has 1 nitrogen and oxygen atoms in total. The van der Waals surface area contributed by atoms with Gasteiger partial charge in [0.2, 0.25) is 0 Å². The third-order valence-corrected chi connectivity index (χ3v) is 2.76. The summed E-state index contributed by atoms with van der Waals surface area (Å²) in [5.74, 6) is 0.789. The number of nitrogens with two attached hydrogens (primary N) is 1. The first kappa shape index (κ1) is 7.07. The molecule has 1 aliphatic rings. The summed E-state index contributed by atoms with van der Waals surface area (Å²) in [6.45, 7) is 5.54. The van der Waals surface area contributed by atoms with Crippen molar-refractivity contribution in [1.29, 1.82) is 0 Å². The van der Waals surface area contributed by atoms with E-state index in [0.29, 0.717) is 5.41 Å². The van der Waals surface area contributed by atoms with E-state index in [-0.39, 0.29) is 0 Å². The van der Waals surface area contributed by atoms with Crippen LogP contribution in [0.4, 0.5) is 0 Å². The molecule has 54 valence electrons. The second-order valence-corrected chi connectivity index (χ2v) is 3.81. The van der Waals surface area contributed by atoms with E-state index < -0.39 is 0 Å². The Morgan fingerprint density at radius 2 is 2.22 bits per heavy atom. The summed E-state index contributed by atoms with van der Waals surface area (Å²) < 4.78 is 0. The van der Waals surface area contributed by atoms with Crippen LogP contribution in [-0.2, 0) is 0 Å². The molecule has 0 amide bonds. The molecular formula is C8H17N. The van der Waals surface area contributed by atoms with Crippen molar-refractivity contribution in [2.24, 2.45) is 17.1 Å². The van der Waals surface area contributed by atoms with Gasteiger partial charge in [0.25, 0.3) is 0 Å². The van der Waals surface area contributed by atoms with Crippen LogP contribution in [0.5, 0.6) is 0 Å². The fourth-order valence-corrected chi connectivity index (χ4v) is 1.84. The average Bonchev–Trinajstić information content (AvgIpc) is 2.08. The minimum absolute atomic E-state index is 0.536. The Balaban J connectivity index is 2.52. The second-order valence-electron chi connectivity index (χ2n) is 3.81. The quantitative estimate of drug-likeness (QED) is 0.570. The van der Waals surface area contributed by atoms with Gasteiger partial charge in [0.05, 0.1) is 0 Å². The minimum atomic E-state index is 0.536. The molecule has 0 heterocycles. The van der Waals surface area contributed by atoms with Crippen molar-refractivity contribution < 1.29 is 0 Å². The van der Waals surface area contributed by atoms with E-state index in [4.69, 9.17) is 5.73 Å². The van der Waals surface area contributed by atoms with E-state index in [0.717, 1.165) is 12.5 Å². The van der Waals surface area contributed by atoms with Crippen molar-refractivity contribution in [3.05, 3.63) is 0 Å². The molecule has 1 rings (SSSR count). The predicted molar refractivity (Wildman–Crippen MR) is 40.2 cm³/mol. The molecule has 1 aliphatic carbocycles. The highest BCUT2D eigenvalue weighted by Gasteiger charge is 2.32. The van der Waals surface area contributed by atoms with Crippen molar-refractivity contribution in [3.63, 3.8) is 0 Å². The fraction of sp³-hybridized carbons (Fsp3) is 1.00. The van der Waals surface area contributed by atoms with Crippen LogP contribution in [0.2, 0.25) is 0 Å². The molecule has 1 atom stereocenters. The Kier molecular flexibility index (Phi) is 1.80. The van der Waals surface area contributed by atoms with Crippen molar-refractivity contribution in [3.8, 4) is 0 Å². The van der Waals surface area contributed by atoms with Crippen LogP contribution >= 0.6 is 0 Å². The van der Waals surface area contributed by atoms with Gasteiger partial charge in [-0.3, -0.25) is 0 Å². The SMILES string of the molecule is CC1(C)CCC[C@H]1CN. The lowest BCUT2D eigenvalue weighted by Gasteiger charge is -2.25. The first-order valence-corrected chi connectivity index (χ1v) is 3.87. The summed E-state index contributed by atoms with van der Waals surface area (Å²) in [4.78, 5) is 0. The summed E-state index contributed by atoms with van der Waals surface area (Å²) >= 11 is 0. The highest BCUT2D eigenvalue weighted by molar-refractivity contribution is 4.84. The van der Waals surface area contributed by atoms with Gasteiger partial charge in [-0.1, -0.05) is 20.3 Å². The molecule has 1 fully saturated rings. The van der Waals surface area contributed by atoms with Gasteiger partial charge in [-0.25, -0.2) is 0 Å². The van der Waals surface area contributed by atoms with Gasteiger partial charge in [-0.2, -0.15) is 0 Å². The summed E-state index contributed by atoms with van der Waals surface area (Å²) in [6.07, 6.45) is 4.10. The molecule has 0 bridgehead atoms. The van der Waals surface area contributed by atoms with Crippen LogP contribution in [0, 0.1) is 11.3 Å². The molecule has 0 unspecified atom stereocenters. The number of rotatable bonds is 1. The van der Waals surface area contributed by atoms with Gasteiger partial charge in [0, 0.05) is 0 Å². The monoisotopic (exact) mass is 127 g/mol. The van der Waals surface area contributed by atoms with Crippen LogP contribution in [0.1, 0.15) is 33.1 Å². The molecule has 0 aromatic heterocycles. The highest BCUT2D eigenvalue weighted by Crippen LogP contribution is 2.41. The zero-order valence-corrected chi connectivity index (χ0v) is 6.48. The van der Waals surface area contributed by atoms with E-state index in [1.54, 1.807) is 0 Å². The first-order valence-electron chi connectivity index (χ1n) is 3.87. The molecule has 2 N–H and O–H groups in total. The molecule has 0 radical (unpaired) electrons. The molecule has 1 saturated carbocycles. The van der Waals surface area contributed by atoms with Gasteiger partial charge in [-0.15, -0.1) is 0 Å². The lowest BCUT2D eigenvalue weighted by atomic mass is 9.82. The molecule has 9 heavy (non-hydrogen) atoms. The van der Waals surface area contributed by atoms with Crippen LogP contribution in [-0.4, -0.2) is 6.54 Å². The molecule has 0 saturated heterocycles. The molecule has 0 aliphatic heterocycles. The summed E-state index contributed by atoms with van der Waals surface area (Å²) in [7, 11) is 0. The van der Waals surface area contributed by atoms with Gasteiger partial charge in [0.1, 0.15) is 0 Å². The zero-order valence-electron chi connectivity index (χ0n) is 6.48. The summed E-state index contributed by atoms with van der Waals surface area (Å²) in [5.41, 5.74) is 6.15. The standard InChI is InChI=1S/C8H17N/c1-8(2)5-3-4-7(8)6-9/h7H,3-6,9H2,1-2H3/t7-/m0/s1. The molecule has 0 aromatic rings. The maximum atomic E-state index is 5.61. The van der Waals surface area contributed by atoms with E-state index >= 15 is 0 Å². The summed E-state index contributed by atoms with van der Waals surface area (Å²) in [6, 6.07) is 0. The average molecular weight is 127 g/mol. The van der Waals surface area contributed by atoms with E-state index in [1.165, 1.54) is 19.3 Å². The molecular weight excluding hydrogens is 110 g/mol. The van der Waals surface area contributed by atoms with Crippen LogP contribution in [0.25, 0.3) is 0 Å². The lowest BCUT2D eigenvalue weighted by molar-refractivity contribution is 0.267. The Bertz CT molecular complexity index is 96.7. The van der Waals surface area contributed by atoms with Gasteiger partial charge in [0.15, 0.2) is 0 Å². The Hall–Kier alpha value is -0.0400. The molecule has 1 heteroatoms. The largest absolute Gasteiger partial charge is 0.330 e. The predicted octanol–water partition coefficient (Wildman–Crippen LogP) is 1.77. The first-order chi connectivity index (χ1) is 4.17. The van der Waals surface area contributed by atoms with Crippen molar-refractivity contribution in [1.82, 2.24) is 0 Å². The Labute approximate surface area is 57.6 Å². The van der Waals surface area contributed by atoms with Crippen LogP contribution in [0.3, 0.4) is 0 Å². The normalized spacial score (nSPS) is 33.0.